The summed E-state index contributed by atoms with van der Waals surface area (Å²) in [6.45, 7) is 2.57. The highest BCUT2D eigenvalue weighted by atomic mass is 79.9. The largest absolute Gasteiger partial charge is 0.346 e. The van der Waals surface area contributed by atoms with Crippen molar-refractivity contribution in [3.05, 3.63) is 67.5 Å². The third-order valence-corrected chi connectivity index (χ3v) is 5.03. The zero-order valence-corrected chi connectivity index (χ0v) is 13.8. The Morgan fingerprint density at radius 3 is 2.90 bits per heavy atom. The van der Waals surface area contributed by atoms with Gasteiger partial charge in [-0.2, -0.15) is 0 Å². The fourth-order valence-corrected chi connectivity index (χ4v) is 3.73. The number of nitrogens with one attached hydrogen (secondary N) is 1. The summed E-state index contributed by atoms with van der Waals surface area (Å²) in [6.07, 6.45) is 1.87. The van der Waals surface area contributed by atoms with Gasteiger partial charge in [0.1, 0.15) is 0 Å². The number of hydrogen-bond donors (Lipinski definition) is 1. The van der Waals surface area contributed by atoms with Crippen LogP contribution in [-0.4, -0.2) is 11.1 Å². The second-order valence-electron chi connectivity index (χ2n) is 4.80. The van der Waals surface area contributed by atoms with Crippen LogP contribution in [0.15, 0.2) is 57.2 Å². The van der Waals surface area contributed by atoms with E-state index in [1.165, 1.54) is 4.88 Å². The van der Waals surface area contributed by atoms with Gasteiger partial charge in [-0.15, -0.1) is 11.3 Å². The predicted octanol–water partition coefficient (Wildman–Crippen LogP) is 3.62. The monoisotopic (exact) mass is 362 g/mol. The molecule has 1 N–H and O–H groups in total. The third kappa shape index (κ3) is 3.43. The number of benzene rings is 1. The quantitative estimate of drug-likeness (QED) is 0.703. The fourth-order valence-electron chi connectivity index (χ4n) is 2.31. The summed E-state index contributed by atoms with van der Waals surface area (Å²) < 4.78 is 3.25. The molecule has 0 fully saturated rings. The molecule has 0 saturated carbocycles. The Bertz CT molecular complexity index is 809. The minimum Gasteiger partial charge on any atom is -0.346 e. The van der Waals surface area contributed by atoms with Crippen molar-refractivity contribution in [1.82, 2.24) is 9.88 Å². The first kappa shape index (κ1) is 14.5. The van der Waals surface area contributed by atoms with Crippen LogP contribution < -0.4 is 10.7 Å². The van der Waals surface area contributed by atoms with Crippen LogP contribution in [0, 0.1) is 0 Å². The Labute approximate surface area is 135 Å². The molecule has 0 aliphatic heterocycles. The molecule has 21 heavy (non-hydrogen) atoms. The van der Waals surface area contributed by atoms with E-state index in [-0.39, 0.29) is 5.43 Å². The van der Waals surface area contributed by atoms with E-state index in [0.717, 1.165) is 35.0 Å². The summed E-state index contributed by atoms with van der Waals surface area (Å²) in [5.74, 6) is 0. The lowest BCUT2D eigenvalue weighted by molar-refractivity contribution is 0.610. The van der Waals surface area contributed by atoms with Gasteiger partial charge >= 0.3 is 0 Å². The van der Waals surface area contributed by atoms with Crippen molar-refractivity contribution >= 4 is 38.2 Å². The number of para-hydroxylation sites is 1. The molecule has 108 valence electrons. The third-order valence-electron chi connectivity index (χ3n) is 3.34. The SMILES string of the molecule is O=c1ccn(CCNCc2cc(Br)cs2)c2ccccc12. The van der Waals surface area contributed by atoms with E-state index in [1.54, 1.807) is 17.4 Å². The van der Waals surface area contributed by atoms with Crippen molar-refractivity contribution in [2.45, 2.75) is 13.1 Å². The van der Waals surface area contributed by atoms with E-state index in [0.29, 0.717) is 0 Å². The average Bonchev–Trinajstić information content (AvgIpc) is 2.91. The highest BCUT2D eigenvalue weighted by molar-refractivity contribution is 9.10. The smallest absolute Gasteiger partial charge is 0.189 e. The fraction of sp³-hybridized carbons (Fsp3) is 0.188. The van der Waals surface area contributed by atoms with Crippen molar-refractivity contribution in [1.29, 1.82) is 0 Å². The molecule has 0 bridgehead atoms. The van der Waals surface area contributed by atoms with Crippen LogP contribution >= 0.6 is 27.3 Å². The molecule has 3 rings (SSSR count). The van der Waals surface area contributed by atoms with Crippen LogP contribution in [0.2, 0.25) is 0 Å². The minimum atomic E-state index is 0.0817. The van der Waals surface area contributed by atoms with Crippen molar-refractivity contribution in [3.8, 4) is 0 Å². The Balaban J connectivity index is 1.66. The summed E-state index contributed by atoms with van der Waals surface area (Å²) in [5, 5.41) is 6.30. The van der Waals surface area contributed by atoms with Crippen LogP contribution in [0.3, 0.4) is 0 Å². The van der Waals surface area contributed by atoms with E-state index in [9.17, 15) is 4.79 Å². The van der Waals surface area contributed by atoms with E-state index < -0.39 is 0 Å². The number of rotatable bonds is 5. The van der Waals surface area contributed by atoms with Crippen LogP contribution in [0.25, 0.3) is 10.9 Å². The standard InChI is InChI=1S/C16H15BrN2OS/c17-12-9-13(21-11-12)10-18-6-8-19-7-5-16(20)14-3-1-2-4-15(14)19/h1-5,7,9,11,18H,6,8,10H2. The van der Waals surface area contributed by atoms with Crippen molar-refractivity contribution in [2.75, 3.05) is 6.54 Å². The van der Waals surface area contributed by atoms with E-state index >= 15 is 0 Å². The normalized spacial score (nSPS) is 11.1. The van der Waals surface area contributed by atoms with Crippen LogP contribution in [0.4, 0.5) is 0 Å². The Kier molecular flexibility index (Phi) is 4.53. The number of fused-ring (bicyclic) bond motifs is 1. The van der Waals surface area contributed by atoms with Gasteiger partial charge in [-0.3, -0.25) is 4.79 Å². The highest BCUT2D eigenvalue weighted by Gasteiger charge is 2.02. The summed E-state index contributed by atoms with van der Waals surface area (Å²) in [6, 6.07) is 11.5. The van der Waals surface area contributed by atoms with Crippen molar-refractivity contribution < 1.29 is 0 Å². The summed E-state index contributed by atoms with van der Waals surface area (Å²) in [5.41, 5.74) is 1.07. The maximum atomic E-state index is 11.8. The van der Waals surface area contributed by atoms with Gasteiger partial charge in [0.15, 0.2) is 5.43 Å². The molecule has 0 spiro atoms. The van der Waals surface area contributed by atoms with E-state index in [4.69, 9.17) is 0 Å². The lowest BCUT2D eigenvalue weighted by atomic mass is 10.2. The van der Waals surface area contributed by atoms with E-state index in [1.807, 2.05) is 30.5 Å². The molecule has 2 heterocycles. The molecule has 0 aliphatic rings. The number of hydrogen-bond acceptors (Lipinski definition) is 3. The lowest BCUT2D eigenvalue weighted by Gasteiger charge is -2.11. The molecule has 0 amide bonds. The topological polar surface area (TPSA) is 34.0 Å². The first-order valence-corrected chi connectivity index (χ1v) is 8.43. The first-order valence-electron chi connectivity index (χ1n) is 6.76. The van der Waals surface area contributed by atoms with E-state index in [2.05, 4.69) is 37.3 Å². The first-order chi connectivity index (χ1) is 10.2. The number of halogens is 1. The molecular weight excluding hydrogens is 348 g/mol. The Morgan fingerprint density at radius 1 is 1.24 bits per heavy atom. The molecule has 0 radical (unpaired) electrons. The van der Waals surface area contributed by atoms with Gasteiger partial charge in [0.25, 0.3) is 0 Å². The maximum absolute atomic E-state index is 11.8. The molecule has 3 nitrogen and oxygen atoms in total. The predicted molar refractivity (Wildman–Crippen MR) is 91.9 cm³/mol. The Morgan fingerprint density at radius 2 is 2.10 bits per heavy atom. The van der Waals surface area contributed by atoms with Gasteiger partial charge in [0.2, 0.25) is 0 Å². The molecule has 0 atom stereocenters. The highest BCUT2D eigenvalue weighted by Crippen LogP contribution is 2.19. The molecule has 3 aromatic rings. The maximum Gasteiger partial charge on any atom is 0.189 e. The van der Waals surface area contributed by atoms with Gasteiger partial charge in [-0.05, 0) is 34.1 Å². The van der Waals surface area contributed by atoms with Crippen molar-refractivity contribution in [3.63, 3.8) is 0 Å². The van der Waals surface area contributed by atoms with Gasteiger partial charge in [0, 0.05) is 52.0 Å². The van der Waals surface area contributed by atoms with Gasteiger partial charge in [-0.25, -0.2) is 0 Å². The van der Waals surface area contributed by atoms with Crippen LogP contribution in [0.1, 0.15) is 4.88 Å². The second kappa shape index (κ2) is 6.56. The zero-order valence-electron chi connectivity index (χ0n) is 11.4. The number of pyridine rings is 1. The van der Waals surface area contributed by atoms with Gasteiger partial charge < -0.3 is 9.88 Å². The lowest BCUT2D eigenvalue weighted by Crippen LogP contribution is -2.20. The van der Waals surface area contributed by atoms with Crippen LogP contribution in [0.5, 0.6) is 0 Å². The van der Waals surface area contributed by atoms with Crippen LogP contribution in [-0.2, 0) is 13.1 Å². The molecule has 5 heteroatoms. The number of aromatic nitrogens is 1. The average molecular weight is 363 g/mol. The van der Waals surface area contributed by atoms with Gasteiger partial charge in [-0.1, -0.05) is 12.1 Å². The summed E-state index contributed by atoms with van der Waals surface area (Å²) in [4.78, 5) is 13.1. The molecule has 0 aliphatic carbocycles. The summed E-state index contributed by atoms with van der Waals surface area (Å²) in [7, 11) is 0. The Hall–Kier alpha value is -1.43. The number of thiophene rings is 1. The molecule has 1 aromatic carbocycles. The molecule has 2 aromatic heterocycles. The minimum absolute atomic E-state index is 0.0817. The molecular formula is C16H15BrN2OS. The van der Waals surface area contributed by atoms with Crippen molar-refractivity contribution in [2.24, 2.45) is 0 Å². The molecule has 0 unspecified atom stereocenters. The van der Waals surface area contributed by atoms with Gasteiger partial charge in [0.05, 0.1) is 5.52 Å². The molecule has 0 saturated heterocycles. The zero-order chi connectivity index (χ0) is 14.7. The second-order valence-corrected chi connectivity index (χ2v) is 6.71. The summed E-state index contributed by atoms with van der Waals surface area (Å²) >= 11 is 5.20. The number of nitrogens with zero attached hydrogens (tertiary/aromatic N) is 1.